The Kier molecular flexibility index (Phi) is 3.91. The zero-order chi connectivity index (χ0) is 8.81. The molecule has 12 heavy (non-hydrogen) atoms. The summed E-state index contributed by atoms with van der Waals surface area (Å²) in [5.41, 5.74) is 14.0. The highest BCUT2D eigenvalue weighted by molar-refractivity contribution is 4.78. The van der Waals surface area contributed by atoms with Gasteiger partial charge >= 0.3 is 0 Å². The van der Waals surface area contributed by atoms with Gasteiger partial charge in [-0.05, 0) is 30.7 Å². The van der Waals surface area contributed by atoms with Crippen LogP contribution in [0.2, 0.25) is 0 Å². The van der Waals surface area contributed by atoms with Crippen molar-refractivity contribution in [1.82, 2.24) is 0 Å². The zero-order valence-electron chi connectivity index (χ0n) is 7.32. The molecule has 68 valence electrons. The van der Waals surface area contributed by atoms with Crippen LogP contribution < -0.4 is 5.73 Å². The summed E-state index contributed by atoms with van der Waals surface area (Å²) >= 11 is 0. The van der Waals surface area contributed by atoms with Gasteiger partial charge in [-0.1, -0.05) is 18.0 Å². The van der Waals surface area contributed by atoms with Gasteiger partial charge in [-0.3, -0.25) is 0 Å². The number of hydrogen-bond acceptors (Lipinski definition) is 2. The Morgan fingerprint density at radius 3 is 2.75 bits per heavy atom. The minimum atomic E-state index is 0.248. The fraction of sp³-hybridized carbons (Fsp3) is 1.00. The predicted octanol–water partition coefficient (Wildman–Crippen LogP) is 2.20. The van der Waals surface area contributed by atoms with Crippen LogP contribution in [-0.4, -0.2) is 12.6 Å². The van der Waals surface area contributed by atoms with Crippen LogP contribution in [0.4, 0.5) is 0 Å². The minimum Gasteiger partial charge on any atom is -0.327 e. The molecule has 4 nitrogen and oxygen atoms in total. The molecule has 0 saturated heterocycles. The second-order valence-electron chi connectivity index (χ2n) is 3.45. The Hall–Kier alpha value is -0.730. The third-order valence-electron chi connectivity index (χ3n) is 2.63. The molecule has 0 aromatic carbocycles. The lowest BCUT2D eigenvalue weighted by Gasteiger charge is -2.17. The smallest absolute Gasteiger partial charge is 0.0272 e. The zero-order valence-corrected chi connectivity index (χ0v) is 7.32. The van der Waals surface area contributed by atoms with E-state index < -0.39 is 0 Å². The van der Waals surface area contributed by atoms with Crippen molar-refractivity contribution in [3.8, 4) is 0 Å². The van der Waals surface area contributed by atoms with Gasteiger partial charge in [0.1, 0.15) is 0 Å². The largest absolute Gasteiger partial charge is 0.327 e. The van der Waals surface area contributed by atoms with Gasteiger partial charge in [0, 0.05) is 17.5 Å². The summed E-state index contributed by atoms with van der Waals surface area (Å²) in [7, 11) is 0. The highest BCUT2D eigenvalue weighted by Gasteiger charge is 2.20. The van der Waals surface area contributed by atoms with Crippen LogP contribution in [0.1, 0.15) is 32.1 Å². The molecule has 1 atom stereocenters. The van der Waals surface area contributed by atoms with E-state index in [9.17, 15) is 0 Å². The van der Waals surface area contributed by atoms with Crippen LogP contribution >= 0.6 is 0 Å². The van der Waals surface area contributed by atoms with Gasteiger partial charge in [-0.25, -0.2) is 0 Å². The van der Waals surface area contributed by atoms with E-state index in [-0.39, 0.29) is 6.04 Å². The van der Waals surface area contributed by atoms with Crippen molar-refractivity contribution < 1.29 is 0 Å². The Morgan fingerprint density at radius 2 is 2.17 bits per heavy atom. The van der Waals surface area contributed by atoms with Crippen molar-refractivity contribution in [2.75, 3.05) is 6.54 Å². The molecule has 0 bridgehead atoms. The maximum absolute atomic E-state index is 8.06. The molecule has 0 aromatic rings. The molecule has 4 heteroatoms. The maximum atomic E-state index is 8.06. The van der Waals surface area contributed by atoms with Crippen molar-refractivity contribution in [2.45, 2.75) is 38.1 Å². The minimum absolute atomic E-state index is 0.248. The number of azide groups is 1. The lowest BCUT2D eigenvalue weighted by molar-refractivity contribution is 0.414. The van der Waals surface area contributed by atoms with Crippen molar-refractivity contribution in [3.63, 3.8) is 0 Å². The molecule has 1 fully saturated rings. The van der Waals surface area contributed by atoms with Gasteiger partial charge in [0.25, 0.3) is 0 Å². The topological polar surface area (TPSA) is 74.8 Å². The first kappa shape index (κ1) is 9.36. The third-order valence-corrected chi connectivity index (χ3v) is 2.63. The summed E-state index contributed by atoms with van der Waals surface area (Å²) in [5, 5.41) is 3.48. The first-order chi connectivity index (χ1) is 5.84. The average Bonchev–Trinajstić information content (AvgIpc) is 2.56. The predicted molar refractivity (Wildman–Crippen MR) is 48.6 cm³/mol. The molecule has 1 aliphatic rings. The van der Waals surface area contributed by atoms with Crippen LogP contribution in [0.15, 0.2) is 5.11 Å². The standard InChI is InChI=1S/C8H16N4/c9-8(5-6-11-12-10)7-3-1-2-4-7/h7-8H,1-6,9H2. The molecular weight excluding hydrogens is 152 g/mol. The quantitative estimate of drug-likeness (QED) is 0.390. The Balaban J connectivity index is 2.17. The van der Waals surface area contributed by atoms with Crippen molar-refractivity contribution in [3.05, 3.63) is 10.4 Å². The molecule has 1 aliphatic carbocycles. The van der Waals surface area contributed by atoms with E-state index in [4.69, 9.17) is 11.3 Å². The highest BCUT2D eigenvalue weighted by atomic mass is 15.1. The van der Waals surface area contributed by atoms with Crippen molar-refractivity contribution in [2.24, 2.45) is 16.8 Å². The van der Waals surface area contributed by atoms with Gasteiger partial charge in [-0.15, -0.1) is 0 Å². The van der Waals surface area contributed by atoms with Crippen LogP contribution in [0, 0.1) is 5.92 Å². The first-order valence-electron chi connectivity index (χ1n) is 4.61. The monoisotopic (exact) mass is 168 g/mol. The molecule has 1 saturated carbocycles. The molecule has 0 aliphatic heterocycles. The van der Waals surface area contributed by atoms with Crippen molar-refractivity contribution in [1.29, 1.82) is 0 Å². The molecule has 0 heterocycles. The summed E-state index contributed by atoms with van der Waals surface area (Å²) < 4.78 is 0. The lowest BCUT2D eigenvalue weighted by atomic mass is 9.96. The van der Waals surface area contributed by atoms with Crippen LogP contribution in [-0.2, 0) is 0 Å². The summed E-state index contributed by atoms with van der Waals surface area (Å²) in [6.45, 7) is 0.550. The van der Waals surface area contributed by atoms with Gasteiger partial charge in [-0.2, -0.15) is 0 Å². The van der Waals surface area contributed by atoms with Crippen LogP contribution in [0.5, 0.6) is 0 Å². The molecule has 1 unspecified atom stereocenters. The molecule has 2 N–H and O–H groups in total. The van der Waals surface area contributed by atoms with E-state index in [1.807, 2.05) is 0 Å². The van der Waals surface area contributed by atoms with Gasteiger partial charge < -0.3 is 5.73 Å². The Labute approximate surface area is 72.8 Å². The van der Waals surface area contributed by atoms with Gasteiger partial charge in [0.05, 0.1) is 0 Å². The van der Waals surface area contributed by atoms with E-state index in [0.717, 1.165) is 6.42 Å². The SMILES string of the molecule is [N-]=[N+]=NCCC(N)C1CCCC1. The lowest BCUT2D eigenvalue weighted by Crippen LogP contribution is -2.28. The maximum Gasteiger partial charge on any atom is 0.0272 e. The third kappa shape index (κ3) is 2.72. The average molecular weight is 168 g/mol. The van der Waals surface area contributed by atoms with E-state index in [1.165, 1.54) is 25.7 Å². The Morgan fingerprint density at radius 1 is 1.50 bits per heavy atom. The molecule has 0 spiro atoms. The Bertz CT molecular complexity index is 168. The molecule has 0 radical (unpaired) electrons. The van der Waals surface area contributed by atoms with E-state index in [2.05, 4.69) is 10.0 Å². The molecule has 0 aromatic heterocycles. The number of hydrogen-bond donors (Lipinski definition) is 1. The van der Waals surface area contributed by atoms with E-state index >= 15 is 0 Å². The van der Waals surface area contributed by atoms with Crippen molar-refractivity contribution >= 4 is 0 Å². The number of nitrogens with zero attached hydrogens (tertiary/aromatic N) is 3. The van der Waals surface area contributed by atoms with E-state index in [0.29, 0.717) is 12.5 Å². The number of nitrogens with two attached hydrogens (primary N) is 1. The van der Waals surface area contributed by atoms with Crippen LogP contribution in [0.3, 0.4) is 0 Å². The summed E-state index contributed by atoms with van der Waals surface area (Å²) in [6, 6.07) is 0.248. The fourth-order valence-corrected chi connectivity index (χ4v) is 1.87. The highest BCUT2D eigenvalue weighted by Crippen LogP contribution is 2.27. The second kappa shape index (κ2) is 5.01. The van der Waals surface area contributed by atoms with Crippen LogP contribution in [0.25, 0.3) is 10.4 Å². The van der Waals surface area contributed by atoms with Gasteiger partial charge in [0.15, 0.2) is 0 Å². The second-order valence-corrected chi connectivity index (χ2v) is 3.45. The number of rotatable bonds is 4. The first-order valence-corrected chi connectivity index (χ1v) is 4.61. The summed E-state index contributed by atoms with van der Waals surface area (Å²) in [6.07, 6.45) is 6.00. The normalized spacial score (nSPS) is 20.4. The molecular formula is C8H16N4. The van der Waals surface area contributed by atoms with E-state index in [1.54, 1.807) is 0 Å². The molecule has 1 rings (SSSR count). The summed E-state index contributed by atoms with van der Waals surface area (Å²) in [4.78, 5) is 2.70. The summed E-state index contributed by atoms with van der Waals surface area (Å²) in [5.74, 6) is 0.680. The molecule has 0 amide bonds. The van der Waals surface area contributed by atoms with Gasteiger partial charge in [0.2, 0.25) is 0 Å². The fourth-order valence-electron chi connectivity index (χ4n) is 1.87.